The van der Waals surface area contributed by atoms with E-state index in [9.17, 15) is 0 Å². The molecule has 0 saturated heterocycles. The third-order valence-electron chi connectivity index (χ3n) is 4.16. The monoisotopic (exact) mass is 466 g/mol. The van der Waals surface area contributed by atoms with E-state index in [1.165, 1.54) is 16.8 Å². The average Bonchev–Trinajstić information content (AvgIpc) is 2.65. The fourth-order valence-corrected chi connectivity index (χ4v) is 2.65. The van der Waals surface area contributed by atoms with Crippen LogP contribution in [-0.4, -0.2) is 40.2 Å². The van der Waals surface area contributed by atoms with Crippen LogP contribution in [0.5, 0.6) is 0 Å². The van der Waals surface area contributed by atoms with Gasteiger partial charge in [0.25, 0.3) is 0 Å². The number of nitrogens with one attached hydrogen (secondary N) is 2. The lowest BCUT2D eigenvalue weighted by Crippen LogP contribution is -2.38. The molecule has 0 radical (unpaired) electrons. The Balaban J connectivity index is 0.00000338. The Hall–Kier alpha value is -1.76. The molecular weight excluding hydrogens is 435 g/mol. The topological polar surface area (TPSA) is 39.7 Å². The minimum atomic E-state index is 0. The Morgan fingerprint density at radius 3 is 2.08 bits per heavy atom. The number of aryl methyl sites for hydroxylation is 1. The van der Waals surface area contributed by atoms with Gasteiger partial charge < -0.3 is 15.5 Å². The van der Waals surface area contributed by atoms with Crippen LogP contribution in [0.3, 0.4) is 0 Å². The van der Waals surface area contributed by atoms with Gasteiger partial charge in [0, 0.05) is 39.9 Å². The fraction of sp³-hybridized carbons (Fsp3) is 0.381. The second-order valence-electron chi connectivity index (χ2n) is 6.33. The fourth-order valence-electron chi connectivity index (χ4n) is 2.65. The van der Waals surface area contributed by atoms with E-state index in [1.807, 2.05) is 13.1 Å². The molecule has 0 aliphatic heterocycles. The lowest BCUT2D eigenvalue weighted by Gasteiger charge is -2.13. The highest BCUT2D eigenvalue weighted by atomic mass is 127. The van der Waals surface area contributed by atoms with E-state index in [4.69, 9.17) is 0 Å². The first kappa shape index (κ1) is 22.3. The van der Waals surface area contributed by atoms with Gasteiger partial charge in [0.15, 0.2) is 5.96 Å². The third-order valence-corrected chi connectivity index (χ3v) is 4.16. The van der Waals surface area contributed by atoms with Gasteiger partial charge in [0.05, 0.1) is 0 Å². The summed E-state index contributed by atoms with van der Waals surface area (Å²) in [4.78, 5) is 6.41. The lowest BCUT2D eigenvalue weighted by atomic mass is 10.1. The summed E-state index contributed by atoms with van der Waals surface area (Å²) < 4.78 is 0. The maximum Gasteiger partial charge on any atom is 0.190 e. The highest BCUT2D eigenvalue weighted by Crippen LogP contribution is 2.13. The number of nitrogens with zero attached hydrogens (tertiary/aromatic N) is 2. The molecule has 0 spiro atoms. The van der Waals surface area contributed by atoms with Crippen molar-refractivity contribution in [2.75, 3.05) is 39.1 Å². The van der Waals surface area contributed by atoms with Crippen molar-refractivity contribution in [2.45, 2.75) is 19.3 Å². The van der Waals surface area contributed by atoms with E-state index >= 15 is 0 Å². The van der Waals surface area contributed by atoms with Gasteiger partial charge in [-0.1, -0.05) is 42.5 Å². The molecule has 0 heterocycles. The predicted octanol–water partition coefficient (Wildman–Crippen LogP) is 3.71. The van der Waals surface area contributed by atoms with Crippen molar-refractivity contribution in [3.63, 3.8) is 0 Å². The molecule has 0 bridgehead atoms. The number of anilines is 1. The number of hydrogen-bond donors (Lipinski definition) is 2. The normalized spacial score (nSPS) is 10.8. The molecule has 2 rings (SSSR count). The first-order valence-electron chi connectivity index (χ1n) is 8.94. The molecule has 26 heavy (non-hydrogen) atoms. The predicted molar refractivity (Wildman–Crippen MR) is 124 cm³/mol. The Morgan fingerprint density at radius 2 is 1.46 bits per heavy atom. The van der Waals surface area contributed by atoms with Crippen molar-refractivity contribution in [1.82, 2.24) is 10.6 Å². The maximum atomic E-state index is 4.28. The first-order valence-corrected chi connectivity index (χ1v) is 8.94. The summed E-state index contributed by atoms with van der Waals surface area (Å²) in [6, 6.07) is 19.3. The SMILES string of the molecule is CN=C(NCCCc1ccc(N(C)C)cc1)NCCc1ccccc1.I. The summed E-state index contributed by atoms with van der Waals surface area (Å²) in [5, 5.41) is 6.76. The minimum Gasteiger partial charge on any atom is -0.378 e. The van der Waals surface area contributed by atoms with Crippen LogP contribution in [0.15, 0.2) is 59.6 Å². The molecule has 2 N–H and O–H groups in total. The number of benzene rings is 2. The quantitative estimate of drug-likeness (QED) is 0.270. The molecule has 2 aromatic carbocycles. The number of aliphatic imine (C=N–C) groups is 1. The van der Waals surface area contributed by atoms with E-state index in [2.05, 4.69) is 83.2 Å². The highest BCUT2D eigenvalue weighted by molar-refractivity contribution is 14.0. The summed E-state index contributed by atoms with van der Waals surface area (Å²) in [7, 11) is 5.95. The Labute approximate surface area is 175 Å². The first-order chi connectivity index (χ1) is 12.2. The second-order valence-corrected chi connectivity index (χ2v) is 6.33. The molecule has 0 aliphatic rings. The van der Waals surface area contributed by atoms with E-state index in [0.717, 1.165) is 38.3 Å². The minimum absolute atomic E-state index is 0. The van der Waals surface area contributed by atoms with Gasteiger partial charge >= 0.3 is 0 Å². The van der Waals surface area contributed by atoms with E-state index in [0.29, 0.717) is 0 Å². The Kier molecular flexibility index (Phi) is 10.8. The molecular formula is C21H31IN4. The zero-order valence-corrected chi connectivity index (χ0v) is 18.4. The molecule has 0 fully saturated rings. The van der Waals surface area contributed by atoms with Crippen LogP contribution in [-0.2, 0) is 12.8 Å². The van der Waals surface area contributed by atoms with Crippen LogP contribution >= 0.6 is 24.0 Å². The summed E-state index contributed by atoms with van der Waals surface area (Å²) >= 11 is 0. The van der Waals surface area contributed by atoms with Gasteiger partial charge in [0.1, 0.15) is 0 Å². The van der Waals surface area contributed by atoms with Crippen LogP contribution in [0, 0.1) is 0 Å². The highest BCUT2D eigenvalue weighted by Gasteiger charge is 1.99. The summed E-state index contributed by atoms with van der Waals surface area (Å²) in [5.74, 6) is 0.874. The van der Waals surface area contributed by atoms with Gasteiger partial charge in [-0.2, -0.15) is 0 Å². The van der Waals surface area contributed by atoms with Crippen molar-refractivity contribution in [3.05, 3.63) is 65.7 Å². The van der Waals surface area contributed by atoms with Crippen LogP contribution < -0.4 is 15.5 Å². The molecule has 4 nitrogen and oxygen atoms in total. The molecule has 0 atom stereocenters. The molecule has 2 aromatic rings. The smallest absolute Gasteiger partial charge is 0.190 e. The summed E-state index contributed by atoms with van der Waals surface area (Å²) in [5.41, 5.74) is 3.95. The Morgan fingerprint density at radius 1 is 0.846 bits per heavy atom. The third kappa shape index (κ3) is 8.08. The maximum absolute atomic E-state index is 4.28. The summed E-state index contributed by atoms with van der Waals surface area (Å²) in [6.45, 7) is 1.80. The lowest BCUT2D eigenvalue weighted by molar-refractivity contribution is 0.739. The molecule has 5 heteroatoms. The molecule has 142 valence electrons. The van der Waals surface area contributed by atoms with Crippen LogP contribution in [0.1, 0.15) is 17.5 Å². The van der Waals surface area contributed by atoms with Crippen molar-refractivity contribution >= 4 is 35.6 Å². The van der Waals surface area contributed by atoms with Gasteiger partial charge in [-0.25, -0.2) is 0 Å². The zero-order valence-electron chi connectivity index (χ0n) is 16.0. The second kappa shape index (κ2) is 12.6. The number of guanidine groups is 1. The molecule has 0 aromatic heterocycles. The molecule has 0 saturated carbocycles. The van der Waals surface area contributed by atoms with Gasteiger partial charge in [0.2, 0.25) is 0 Å². The van der Waals surface area contributed by atoms with Gasteiger partial charge in [-0.05, 0) is 42.5 Å². The number of hydrogen-bond acceptors (Lipinski definition) is 2. The average molecular weight is 466 g/mol. The van der Waals surface area contributed by atoms with Crippen LogP contribution in [0.2, 0.25) is 0 Å². The summed E-state index contributed by atoms with van der Waals surface area (Å²) in [6.07, 6.45) is 3.15. The number of halogens is 1. The molecule has 0 aliphatic carbocycles. The van der Waals surface area contributed by atoms with Crippen molar-refractivity contribution in [3.8, 4) is 0 Å². The van der Waals surface area contributed by atoms with E-state index < -0.39 is 0 Å². The largest absolute Gasteiger partial charge is 0.378 e. The van der Waals surface area contributed by atoms with Crippen molar-refractivity contribution < 1.29 is 0 Å². The van der Waals surface area contributed by atoms with E-state index in [1.54, 1.807) is 0 Å². The van der Waals surface area contributed by atoms with Crippen LogP contribution in [0.25, 0.3) is 0 Å². The van der Waals surface area contributed by atoms with Gasteiger partial charge in [-0.3, -0.25) is 4.99 Å². The van der Waals surface area contributed by atoms with Gasteiger partial charge in [-0.15, -0.1) is 24.0 Å². The number of rotatable bonds is 8. The van der Waals surface area contributed by atoms with Crippen molar-refractivity contribution in [2.24, 2.45) is 4.99 Å². The zero-order chi connectivity index (χ0) is 17.9. The Bertz CT molecular complexity index is 639. The standard InChI is InChI=1S/C21H30N4.HI/c1-22-21(24-17-15-18-8-5-4-6-9-18)23-16-7-10-19-11-13-20(14-12-19)25(2)3;/h4-6,8-9,11-14H,7,10,15-17H2,1-3H3,(H2,22,23,24);1H. The van der Waals surface area contributed by atoms with E-state index in [-0.39, 0.29) is 24.0 Å². The van der Waals surface area contributed by atoms with Crippen LogP contribution in [0.4, 0.5) is 5.69 Å². The molecule has 0 amide bonds. The molecule has 0 unspecified atom stereocenters. The van der Waals surface area contributed by atoms with Crippen molar-refractivity contribution in [1.29, 1.82) is 0 Å².